The number of aromatic nitrogens is 2. The molecule has 4 nitrogen and oxygen atoms in total. The molecule has 0 atom stereocenters. The van der Waals surface area contributed by atoms with E-state index in [2.05, 4.69) is 15.3 Å². The molecule has 1 aromatic carbocycles. The normalized spacial score (nSPS) is 13.6. The van der Waals surface area contributed by atoms with Gasteiger partial charge in [-0.2, -0.15) is 0 Å². The number of anilines is 1. The highest BCUT2D eigenvalue weighted by atomic mass is 35.5. The van der Waals surface area contributed by atoms with E-state index < -0.39 is 11.7 Å². The van der Waals surface area contributed by atoms with Gasteiger partial charge in [0.05, 0.1) is 5.69 Å². The Morgan fingerprint density at radius 2 is 2.05 bits per heavy atom. The van der Waals surface area contributed by atoms with Gasteiger partial charge in [-0.05, 0) is 43.9 Å². The molecule has 0 radical (unpaired) electrons. The smallest absolute Gasteiger partial charge is 0.274 e. The molecule has 1 heterocycles. The van der Waals surface area contributed by atoms with Crippen molar-refractivity contribution in [1.82, 2.24) is 9.97 Å². The Balaban J connectivity index is 1.89. The number of halogens is 2. The fourth-order valence-corrected chi connectivity index (χ4v) is 2.65. The topological polar surface area (TPSA) is 54.9 Å². The Bertz CT molecular complexity index is 705. The van der Waals surface area contributed by atoms with Crippen molar-refractivity contribution in [1.29, 1.82) is 0 Å². The maximum Gasteiger partial charge on any atom is 0.274 e. The van der Waals surface area contributed by atoms with E-state index in [9.17, 15) is 9.18 Å². The lowest BCUT2D eigenvalue weighted by atomic mass is 9.94. The zero-order chi connectivity index (χ0) is 14.8. The van der Waals surface area contributed by atoms with Gasteiger partial charge in [0.15, 0.2) is 0 Å². The van der Waals surface area contributed by atoms with E-state index in [1.54, 1.807) is 0 Å². The number of benzene rings is 1. The summed E-state index contributed by atoms with van der Waals surface area (Å²) in [5.41, 5.74) is 2.20. The first-order chi connectivity index (χ1) is 10.1. The molecule has 0 unspecified atom stereocenters. The summed E-state index contributed by atoms with van der Waals surface area (Å²) in [7, 11) is 0. The molecule has 0 saturated carbocycles. The fraction of sp³-hybridized carbons (Fsp3) is 0.267. The largest absolute Gasteiger partial charge is 0.318 e. The van der Waals surface area contributed by atoms with Crippen molar-refractivity contribution < 1.29 is 9.18 Å². The minimum absolute atomic E-state index is 0.0903. The number of carbonyl (C=O) groups excluding carboxylic acids is 1. The van der Waals surface area contributed by atoms with Crippen molar-refractivity contribution in [2.45, 2.75) is 25.7 Å². The van der Waals surface area contributed by atoms with Crippen LogP contribution in [-0.2, 0) is 12.8 Å². The van der Waals surface area contributed by atoms with Crippen LogP contribution in [0.3, 0.4) is 0 Å². The highest BCUT2D eigenvalue weighted by Crippen LogP contribution is 2.23. The van der Waals surface area contributed by atoms with Gasteiger partial charge in [0.2, 0.25) is 0 Å². The molecule has 1 aliphatic carbocycles. The van der Waals surface area contributed by atoms with E-state index in [1.807, 2.05) is 0 Å². The molecule has 1 amide bonds. The summed E-state index contributed by atoms with van der Waals surface area (Å²) in [5.74, 6) is -0.990. The van der Waals surface area contributed by atoms with Crippen molar-refractivity contribution in [2.75, 3.05) is 5.32 Å². The Hall–Kier alpha value is -2.01. The lowest BCUT2D eigenvalue weighted by molar-refractivity contribution is 0.102. The molecule has 6 heteroatoms. The SMILES string of the molecule is O=C(Nc1ccc(Cl)cc1F)c1ncnc2c1CCCC2. The molecule has 1 aromatic heterocycles. The van der Waals surface area contributed by atoms with Crippen molar-refractivity contribution >= 4 is 23.2 Å². The summed E-state index contributed by atoms with van der Waals surface area (Å²) in [5, 5.41) is 2.82. The van der Waals surface area contributed by atoms with Gasteiger partial charge in [-0.15, -0.1) is 0 Å². The Kier molecular flexibility index (Phi) is 3.84. The lowest BCUT2D eigenvalue weighted by Crippen LogP contribution is -2.20. The first-order valence-corrected chi connectivity index (χ1v) is 7.12. The summed E-state index contributed by atoms with van der Waals surface area (Å²) in [6, 6.07) is 4.12. The number of aryl methyl sites for hydroxylation is 1. The van der Waals surface area contributed by atoms with E-state index in [0.717, 1.165) is 43.0 Å². The second kappa shape index (κ2) is 5.77. The lowest BCUT2D eigenvalue weighted by Gasteiger charge is -2.17. The predicted molar refractivity (Wildman–Crippen MR) is 78.0 cm³/mol. The Morgan fingerprint density at radius 1 is 1.24 bits per heavy atom. The maximum absolute atomic E-state index is 13.7. The number of nitrogens with zero attached hydrogens (tertiary/aromatic N) is 2. The highest BCUT2D eigenvalue weighted by Gasteiger charge is 2.20. The third-order valence-corrected chi connectivity index (χ3v) is 3.75. The van der Waals surface area contributed by atoms with Crippen LogP contribution in [0.2, 0.25) is 5.02 Å². The molecule has 1 N–H and O–H groups in total. The molecule has 108 valence electrons. The zero-order valence-electron chi connectivity index (χ0n) is 11.2. The van der Waals surface area contributed by atoms with Crippen LogP contribution < -0.4 is 5.32 Å². The van der Waals surface area contributed by atoms with Crippen LogP contribution in [0.1, 0.15) is 34.6 Å². The fourth-order valence-electron chi connectivity index (χ4n) is 2.49. The summed E-state index contributed by atoms with van der Waals surface area (Å²) in [6.45, 7) is 0. The van der Waals surface area contributed by atoms with Crippen LogP contribution in [0, 0.1) is 5.82 Å². The minimum Gasteiger partial charge on any atom is -0.318 e. The van der Waals surface area contributed by atoms with Gasteiger partial charge in [0.1, 0.15) is 17.8 Å². The van der Waals surface area contributed by atoms with Crippen molar-refractivity contribution in [3.05, 3.63) is 52.3 Å². The average Bonchev–Trinajstić information content (AvgIpc) is 2.49. The van der Waals surface area contributed by atoms with E-state index in [0.29, 0.717) is 5.69 Å². The molecule has 1 aliphatic rings. The van der Waals surface area contributed by atoms with Crippen LogP contribution in [0.5, 0.6) is 0 Å². The van der Waals surface area contributed by atoms with Crippen LogP contribution in [0.25, 0.3) is 0 Å². The third kappa shape index (κ3) is 2.88. The number of amides is 1. The summed E-state index contributed by atoms with van der Waals surface area (Å²) >= 11 is 5.69. The highest BCUT2D eigenvalue weighted by molar-refractivity contribution is 6.30. The molecule has 0 saturated heterocycles. The first kappa shape index (κ1) is 13.9. The van der Waals surface area contributed by atoms with E-state index in [-0.39, 0.29) is 10.7 Å². The van der Waals surface area contributed by atoms with Crippen LogP contribution in [0.15, 0.2) is 24.5 Å². The minimum atomic E-state index is -0.571. The van der Waals surface area contributed by atoms with Gasteiger partial charge in [-0.3, -0.25) is 4.79 Å². The Labute approximate surface area is 126 Å². The van der Waals surface area contributed by atoms with Crippen LogP contribution >= 0.6 is 11.6 Å². The second-order valence-electron chi connectivity index (χ2n) is 4.93. The predicted octanol–water partition coefficient (Wildman–Crippen LogP) is 3.40. The third-order valence-electron chi connectivity index (χ3n) is 3.52. The van der Waals surface area contributed by atoms with E-state index >= 15 is 0 Å². The molecule has 0 bridgehead atoms. The van der Waals surface area contributed by atoms with Crippen LogP contribution in [-0.4, -0.2) is 15.9 Å². The summed E-state index contributed by atoms with van der Waals surface area (Å²) in [6.07, 6.45) is 5.10. The number of hydrogen-bond donors (Lipinski definition) is 1. The molecule has 2 aromatic rings. The monoisotopic (exact) mass is 305 g/mol. The number of fused-ring (bicyclic) bond motifs is 1. The summed E-state index contributed by atoms with van der Waals surface area (Å²) < 4.78 is 13.7. The van der Waals surface area contributed by atoms with Crippen molar-refractivity contribution in [2.24, 2.45) is 0 Å². The molecule has 0 spiro atoms. The van der Waals surface area contributed by atoms with Crippen molar-refractivity contribution in [3.63, 3.8) is 0 Å². The van der Waals surface area contributed by atoms with Crippen molar-refractivity contribution in [3.8, 4) is 0 Å². The molecule has 21 heavy (non-hydrogen) atoms. The molecule has 3 rings (SSSR count). The first-order valence-electron chi connectivity index (χ1n) is 6.74. The quantitative estimate of drug-likeness (QED) is 0.925. The van der Waals surface area contributed by atoms with Gasteiger partial charge < -0.3 is 5.32 Å². The Morgan fingerprint density at radius 3 is 2.86 bits per heavy atom. The van der Waals surface area contributed by atoms with Crippen LogP contribution in [0.4, 0.5) is 10.1 Å². The van der Waals surface area contributed by atoms with Gasteiger partial charge in [0.25, 0.3) is 5.91 Å². The zero-order valence-corrected chi connectivity index (χ0v) is 12.0. The van der Waals surface area contributed by atoms with Gasteiger partial charge >= 0.3 is 0 Å². The standard InChI is InChI=1S/C15H13ClFN3O/c16-9-5-6-13(11(17)7-9)20-15(21)14-10-3-1-2-4-12(10)18-8-19-14/h5-8H,1-4H2,(H,20,21). The maximum atomic E-state index is 13.7. The number of nitrogens with one attached hydrogen (secondary N) is 1. The molecule has 0 aliphatic heterocycles. The second-order valence-corrected chi connectivity index (χ2v) is 5.37. The number of carbonyl (C=O) groups is 1. The number of rotatable bonds is 2. The van der Waals surface area contributed by atoms with Gasteiger partial charge in [-0.1, -0.05) is 11.6 Å². The molecule has 0 fully saturated rings. The van der Waals surface area contributed by atoms with E-state index in [4.69, 9.17) is 11.6 Å². The van der Waals surface area contributed by atoms with E-state index in [1.165, 1.54) is 18.5 Å². The molecular formula is C15H13ClFN3O. The van der Waals surface area contributed by atoms with Gasteiger partial charge in [0, 0.05) is 16.3 Å². The average molecular weight is 306 g/mol. The molecular weight excluding hydrogens is 293 g/mol. The number of hydrogen-bond acceptors (Lipinski definition) is 3. The summed E-state index contributed by atoms with van der Waals surface area (Å²) in [4.78, 5) is 20.6. The van der Waals surface area contributed by atoms with Gasteiger partial charge in [-0.25, -0.2) is 14.4 Å².